The molecule has 0 saturated carbocycles. The van der Waals surface area contributed by atoms with Crippen LogP contribution in [0.15, 0.2) is 31.0 Å². The molecular weight excluding hydrogens is 356 g/mol. The van der Waals surface area contributed by atoms with Crippen LogP contribution in [0.25, 0.3) is 0 Å². The van der Waals surface area contributed by atoms with Crippen LogP contribution in [0.3, 0.4) is 0 Å². The molecule has 8 heteroatoms. The highest BCUT2D eigenvalue weighted by molar-refractivity contribution is 5.94. The molecule has 4 heterocycles. The van der Waals surface area contributed by atoms with Crippen LogP contribution in [0.2, 0.25) is 0 Å². The van der Waals surface area contributed by atoms with Gasteiger partial charge in [-0.2, -0.15) is 5.10 Å². The molecule has 0 atom stereocenters. The molecule has 0 N–H and O–H groups in total. The number of likely N-dealkylation sites (tertiary alicyclic amines) is 2. The van der Waals surface area contributed by atoms with E-state index < -0.39 is 0 Å². The molecule has 0 aromatic carbocycles. The molecule has 0 radical (unpaired) electrons. The molecule has 148 valence electrons. The molecular formula is C20H26N6O2. The van der Waals surface area contributed by atoms with Crippen LogP contribution in [-0.2, 0) is 11.3 Å². The van der Waals surface area contributed by atoms with E-state index in [-0.39, 0.29) is 18.4 Å². The smallest absolute Gasteiger partial charge is 0.255 e. The maximum atomic E-state index is 12.6. The number of carbonyl (C=O) groups is 2. The van der Waals surface area contributed by atoms with E-state index in [9.17, 15) is 9.59 Å². The van der Waals surface area contributed by atoms with Gasteiger partial charge in [-0.05, 0) is 44.2 Å². The van der Waals surface area contributed by atoms with Gasteiger partial charge in [0.1, 0.15) is 19.2 Å². The van der Waals surface area contributed by atoms with Crippen molar-refractivity contribution in [3.05, 3.63) is 42.2 Å². The van der Waals surface area contributed by atoms with Gasteiger partial charge in [-0.3, -0.25) is 14.6 Å². The summed E-state index contributed by atoms with van der Waals surface area (Å²) in [5, 5.41) is 3.99. The SMILES string of the molecule is O=C(Cn1cncn1)N1CCC(c2ccc(C(=O)N3CCCCC3)cn2)CC1. The lowest BCUT2D eigenvalue weighted by Gasteiger charge is -2.32. The monoisotopic (exact) mass is 382 g/mol. The summed E-state index contributed by atoms with van der Waals surface area (Å²) in [6.45, 7) is 3.36. The molecule has 2 aromatic rings. The van der Waals surface area contributed by atoms with Crippen molar-refractivity contribution in [3.8, 4) is 0 Å². The molecule has 8 nitrogen and oxygen atoms in total. The zero-order valence-electron chi connectivity index (χ0n) is 16.0. The van der Waals surface area contributed by atoms with Crippen molar-refractivity contribution in [3.63, 3.8) is 0 Å². The van der Waals surface area contributed by atoms with Crippen molar-refractivity contribution in [2.75, 3.05) is 26.2 Å². The Balaban J connectivity index is 1.30. The molecule has 2 aliphatic heterocycles. The highest BCUT2D eigenvalue weighted by Gasteiger charge is 2.25. The molecule has 0 spiro atoms. The summed E-state index contributed by atoms with van der Waals surface area (Å²) in [6.07, 6.45) is 9.86. The van der Waals surface area contributed by atoms with E-state index in [2.05, 4.69) is 15.1 Å². The van der Waals surface area contributed by atoms with Crippen molar-refractivity contribution >= 4 is 11.8 Å². The predicted molar refractivity (Wildman–Crippen MR) is 103 cm³/mol. The van der Waals surface area contributed by atoms with Crippen LogP contribution in [-0.4, -0.2) is 67.5 Å². The minimum atomic E-state index is 0.0689. The van der Waals surface area contributed by atoms with Crippen LogP contribution < -0.4 is 0 Å². The highest BCUT2D eigenvalue weighted by Crippen LogP contribution is 2.27. The minimum absolute atomic E-state index is 0.0689. The van der Waals surface area contributed by atoms with Gasteiger partial charge < -0.3 is 9.80 Å². The number of amides is 2. The van der Waals surface area contributed by atoms with Gasteiger partial charge in [-0.1, -0.05) is 0 Å². The summed E-state index contributed by atoms with van der Waals surface area (Å²) < 4.78 is 1.55. The van der Waals surface area contributed by atoms with Crippen molar-refractivity contribution in [1.29, 1.82) is 0 Å². The van der Waals surface area contributed by atoms with Gasteiger partial charge in [-0.25, -0.2) is 9.67 Å². The number of rotatable bonds is 4. The third kappa shape index (κ3) is 4.21. The summed E-state index contributed by atoms with van der Waals surface area (Å²) in [5.74, 6) is 0.487. The summed E-state index contributed by atoms with van der Waals surface area (Å²) in [6, 6.07) is 3.89. The van der Waals surface area contributed by atoms with E-state index in [0.717, 1.165) is 44.5 Å². The minimum Gasteiger partial charge on any atom is -0.341 e. The zero-order valence-corrected chi connectivity index (χ0v) is 16.0. The quantitative estimate of drug-likeness (QED) is 0.804. The molecule has 0 unspecified atom stereocenters. The average Bonchev–Trinajstić information content (AvgIpc) is 3.27. The van der Waals surface area contributed by atoms with Crippen LogP contribution in [0.1, 0.15) is 54.1 Å². The first-order valence-corrected chi connectivity index (χ1v) is 10.1. The van der Waals surface area contributed by atoms with Crippen molar-refractivity contribution in [2.24, 2.45) is 0 Å². The lowest BCUT2D eigenvalue weighted by atomic mass is 9.92. The Hall–Kier alpha value is -2.77. The van der Waals surface area contributed by atoms with Crippen molar-refractivity contribution in [2.45, 2.75) is 44.6 Å². The highest BCUT2D eigenvalue weighted by atomic mass is 16.2. The van der Waals surface area contributed by atoms with Gasteiger partial charge in [0.05, 0.1) is 5.56 Å². The van der Waals surface area contributed by atoms with Gasteiger partial charge in [0.15, 0.2) is 0 Å². The first-order chi connectivity index (χ1) is 13.7. The number of carbonyl (C=O) groups excluding carboxylic acids is 2. The topological polar surface area (TPSA) is 84.2 Å². The summed E-state index contributed by atoms with van der Waals surface area (Å²) in [4.78, 5) is 37.2. The Kier molecular flexibility index (Phi) is 5.64. The van der Waals surface area contributed by atoms with Crippen LogP contribution in [0, 0.1) is 0 Å². The molecule has 0 aliphatic carbocycles. The van der Waals surface area contributed by atoms with Gasteiger partial charge in [0, 0.05) is 44.0 Å². The maximum Gasteiger partial charge on any atom is 0.255 e. The molecule has 2 fully saturated rings. The Labute approximate surface area is 164 Å². The van der Waals surface area contributed by atoms with Gasteiger partial charge in [-0.15, -0.1) is 0 Å². The third-order valence-electron chi connectivity index (χ3n) is 5.71. The first-order valence-electron chi connectivity index (χ1n) is 10.1. The lowest BCUT2D eigenvalue weighted by molar-refractivity contribution is -0.133. The number of piperidine rings is 2. The second-order valence-electron chi connectivity index (χ2n) is 7.57. The number of aromatic nitrogens is 4. The molecule has 2 aliphatic rings. The van der Waals surface area contributed by atoms with Gasteiger partial charge >= 0.3 is 0 Å². The fourth-order valence-corrected chi connectivity index (χ4v) is 4.03. The Morgan fingerprint density at radius 2 is 1.79 bits per heavy atom. The number of hydrogen-bond acceptors (Lipinski definition) is 5. The van der Waals surface area contributed by atoms with E-state index >= 15 is 0 Å². The van der Waals surface area contributed by atoms with Crippen LogP contribution in [0.5, 0.6) is 0 Å². The predicted octanol–water partition coefficient (Wildman–Crippen LogP) is 1.71. The number of hydrogen-bond donors (Lipinski definition) is 0. The molecule has 2 aromatic heterocycles. The van der Waals surface area contributed by atoms with E-state index in [1.807, 2.05) is 21.9 Å². The largest absolute Gasteiger partial charge is 0.341 e. The summed E-state index contributed by atoms with van der Waals surface area (Å²) in [5.41, 5.74) is 1.68. The second kappa shape index (κ2) is 8.50. The maximum absolute atomic E-state index is 12.6. The zero-order chi connectivity index (χ0) is 19.3. The molecule has 28 heavy (non-hydrogen) atoms. The van der Waals surface area contributed by atoms with E-state index in [1.54, 1.807) is 17.2 Å². The molecule has 2 amide bonds. The molecule has 2 saturated heterocycles. The fourth-order valence-electron chi connectivity index (χ4n) is 4.03. The van der Waals surface area contributed by atoms with Crippen LogP contribution >= 0.6 is 0 Å². The van der Waals surface area contributed by atoms with Gasteiger partial charge in [0.2, 0.25) is 5.91 Å². The van der Waals surface area contributed by atoms with Crippen molar-refractivity contribution in [1.82, 2.24) is 29.5 Å². The molecule has 4 rings (SSSR count). The van der Waals surface area contributed by atoms with Gasteiger partial charge in [0.25, 0.3) is 5.91 Å². The fraction of sp³-hybridized carbons (Fsp3) is 0.550. The number of nitrogens with zero attached hydrogens (tertiary/aromatic N) is 6. The Morgan fingerprint density at radius 3 is 2.43 bits per heavy atom. The standard InChI is InChI=1S/C20H26N6O2/c27-19(13-26-15-21-14-23-26)24-10-6-16(7-11-24)18-5-4-17(12-22-18)20(28)25-8-2-1-3-9-25/h4-5,12,14-16H,1-3,6-11,13H2. The molecule has 0 bridgehead atoms. The Morgan fingerprint density at radius 1 is 1.00 bits per heavy atom. The van der Waals surface area contributed by atoms with E-state index in [0.29, 0.717) is 24.6 Å². The number of pyridine rings is 1. The van der Waals surface area contributed by atoms with Crippen molar-refractivity contribution < 1.29 is 9.59 Å². The lowest BCUT2D eigenvalue weighted by Crippen LogP contribution is -2.40. The first kappa shape index (κ1) is 18.6. The van der Waals surface area contributed by atoms with Crippen LogP contribution in [0.4, 0.5) is 0 Å². The summed E-state index contributed by atoms with van der Waals surface area (Å²) >= 11 is 0. The summed E-state index contributed by atoms with van der Waals surface area (Å²) in [7, 11) is 0. The van der Waals surface area contributed by atoms with E-state index in [4.69, 9.17) is 0 Å². The normalized spacial score (nSPS) is 18.3. The Bertz CT molecular complexity index is 791. The third-order valence-corrected chi connectivity index (χ3v) is 5.71. The average molecular weight is 382 g/mol. The van der Waals surface area contributed by atoms with E-state index in [1.165, 1.54) is 12.7 Å². The second-order valence-corrected chi connectivity index (χ2v) is 7.57.